The zero-order chi connectivity index (χ0) is 10.2. The van der Waals surface area contributed by atoms with Crippen LogP contribution in [0.1, 0.15) is 26.2 Å². The number of piperidine rings is 1. The zero-order valence-corrected chi connectivity index (χ0v) is 9.59. The summed E-state index contributed by atoms with van der Waals surface area (Å²) in [5.74, 6) is 0. The third-order valence-corrected chi connectivity index (χ3v) is 3.03. The number of hydrogen-bond acceptors (Lipinski definition) is 3. The van der Waals surface area contributed by atoms with E-state index in [1.165, 1.54) is 39.0 Å². The summed E-state index contributed by atoms with van der Waals surface area (Å²) in [6.07, 6.45) is 3.77. The molecule has 0 radical (unpaired) electrons. The normalized spacial score (nSPS) is 19.1. The van der Waals surface area contributed by atoms with Crippen molar-refractivity contribution in [1.29, 1.82) is 0 Å². The van der Waals surface area contributed by atoms with Crippen LogP contribution >= 0.6 is 0 Å². The van der Waals surface area contributed by atoms with Gasteiger partial charge in [0.2, 0.25) is 0 Å². The number of hydrogen-bond donors (Lipinski definition) is 1. The van der Waals surface area contributed by atoms with Crippen LogP contribution in [0.4, 0.5) is 0 Å². The summed E-state index contributed by atoms with van der Waals surface area (Å²) in [5.41, 5.74) is 0. The summed E-state index contributed by atoms with van der Waals surface area (Å²) in [6, 6.07) is 0.804. The Morgan fingerprint density at radius 1 is 1.36 bits per heavy atom. The summed E-state index contributed by atoms with van der Waals surface area (Å²) >= 11 is 0. The van der Waals surface area contributed by atoms with Crippen LogP contribution in [0.15, 0.2) is 0 Å². The van der Waals surface area contributed by atoms with Gasteiger partial charge in [0, 0.05) is 26.3 Å². The van der Waals surface area contributed by atoms with Crippen molar-refractivity contribution in [3.8, 4) is 0 Å². The maximum Gasteiger partial charge on any atom is 0.0474 e. The molecule has 84 valence electrons. The Morgan fingerprint density at radius 3 is 2.64 bits per heavy atom. The van der Waals surface area contributed by atoms with Crippen LogP contribution in [0.25, 0.3) is 0 Å². The van der Waals surface area contributed by atoms with Gasteiger partial charge in [0.25, 0.3) is 0 Å². The molecule has 3 nitrogen and oxygen atoms in total. The number of nitrogens with zero attached hydrogens (tertiary/aromatic N) is 1. The van der Waals surface area contributed by atoms with Crippen molar-refractivity contribution in [1.82, 2.24) is 10.2 Å². The summed E-state index contributed by atoms with van der Waals surface area (Å²) in [7, 11) is 1.78. The second-order valence-corrected chi connectivity index (χ2v) is 3.96. The van der Waals surface area contributed by atoms with E-state index in [1.54, 1.807) is 7.11 Å². The first-order valence-corrected chi connectivity index (χ1v) is 5.82. The largest absolute Gasteiger partial charge is 0.385 e. The van der Waals surface area contributed by atoms with E-state index < -0.39 is 0 Å². The zero-order valence-electron chi connectivity index (χ0n) is 9.59. The van der Waals surface area contributed by atoms with Gasteiger partial charge >= 0.3 is 0 Å². The van der Waals surface area contributed by atoms with Crippen LogP contribution in [-0.4, -0.2) is 50.8 Å². The van der Waals surface area contributed by atoms with E-state index >= 15 is 0 Å². The van der Waals surface area contributed by atoms with E-state index in [4.69, 9.17) is 4.74 Å². The van der Waals surface area contributed by atoms with Crippen LogP contribution in [0.5, 0.6) is 0 Å². The highest BCUT2D eigenvalue weighted by molar-refractivity contribution is 4.76. The maximum atomic E-state index is 5.09. The van der Waals surface area contributed by atoms with Crippen LogP contribution < -0.4 is 5.32 Å². The van der Waals surface area contributed by atoms with Gasteiger partial charge in [-0.25, -0.2) is 0 Å². The molecule has 0 aromatic carbocycles. The van der Waals surface area contributed by atoms with Gasteiger partial charge < -0.3 is 15.0 Å². The van der Waals surface area contributed by atoms with E-state index in [-0.39, 0.29) is 0 Å². The van der Waals surface area contributed by atoms with Crippen LogP contribution in [-0.2, 0) is 4.74 Å². The van der Waals surface area contributed by atoms with E-state index in [0.29, 0.717) is 0 Å². The van der Waals surface area contributed by atoms with Gasteiger partial charge in [0.1, 0.15) is 0 Å². The lowest BCUT2D eigenvalue weighted by Crippen LogP contribution is -2.43. The van der Waals surface area contributed by atoms with E-state index in [1.807, 2.05) is 0 Å². The van der Waals surface area contributed by atoms with Crippen molar-refractivity contribution in [3.63, 3.8) is 0 Å². The van der Waals surface area contributed by atoms with Crippen LogP contribution in [0.2, 0.25) is 0 Å². The standard InChI is InChI=1S/C11H24N2O/c1-3-13(9-4-10-14-2)11-5-7-12-8-6-11/h11-12H,3-10H2,1-2H3. The van der Waals surface area contributed by atoms with Gasteiger partial charge in [-0.2, -0.15) is 0 Å². The van der Waals surface area contributed by atoms with Crippen molar-refractivity contribution in [2.45, 2.75) is 32.2 Å². The Morgan fingerprint density at radius 2 is 2.07 bits per heavy atom. The third kappa shape index (κ3) is 3.95. The first-order valence-electron chi connectivity index (χ1n) is 5.82. The minimum absolute atomic E-state index is 0.804. The van der Waals surface area contributed by atoms with Crippen molar-refractivity contribution in [2.24, 2.45) is 0 Å². The highest BCUT2D eigenvalue weighted by atomic mass is 16.5. The molecule has 3 heteroatoms. The fourth-order valence-corrected chi connectivity index (χ4v) is 2.18. The number of methoxy groups -OCH3 is 1. The van der Waals surface area contributed by atoms with Gasteiger partial charge in [-0.15, -0.1) is 0 Å². The Bertz CT molecular complexity index is 135. The molecule has 1 aliphatic rings. The Hall–Kier alpha value is -0.120. The molecule has 1 saturated heterocycles. The highest BCUT2D eigenvalue weighted by Crippen LogP contribution is 2.11. The Labute approximate surface area is 87.8 Å². The van der Waals surface area contributed by atoms with Crippen molar-refractivity contribution >= 4 is 0 Å². The molecule has 1 N–H and O–H groups in total. The Balaban J connectivity index is 2.21. The fraction of sp³-hybridized carbons (Fsp3) is 1.00. The highest BCUT2D eigenvalue weighted by Gasteiger charge is 2.18. The predicted molar refractivity (Wildman–Crippen MR) is 59.6 cm³/mol. The molecule has 0 aliphatic carbocycles. The SMILES string of the molecule is CCN(CCCOC)C1CCNCC1. The first kappa shape index (κ1) is 12.0. The molecule has 0 amide bonds. The van der Waals surface area contributed by atoms with Gasteiger partial charge in [0.05, 0.1) is 0 Å². The molecule has 1 fully saturated rings. The summed E-state index contributed by atoms with van der Waals surface area (Å²) in [6.45, 7) is 7.89. The fourth-order valence-electron chi connectivity index (χ4n) is 2.18. The smallest absolute Gasteiger partial charge is 0.0474 e. The molecule has 0 spiro atoms. The van der Waals surface area contributed by atoms with E-state index in [9.17, 15) is 0 Å². The summed E-state index contributed by atoms with van der Waals surface area (Å²) < 4.78 is 5.09. The van der Waals surface area contributed by atoms with Crippen LogP contribution in [0.3, 0.4) is 0 Å². The van der Waals surface area contributed by atoms with Crippen LogP contribution in [0, 0.1) is 0 Å². The molecule has 1 heterocycles. The van der Waals surface area contributed by atoms with Gasteiger partial charge in [-0.3, -0.25) is 0 Å². The second kappa shape index (κ2) is 7.21. The Kier molecular flexibility index (Phi) is 6.15. The minimum Gasteiger partial charge on any atom is -0.385 e. The molecule has 1 rings (SSSR count). The van der Waals surface area contributed by atoms with Crippen molar-refractivity contribution < 1.29 is 4.74 Å². The number of ether oxygens (including phenoxy) is 1. The molecule has 0 bridgehead atoms. The maximum absolute atomic E-state index is 5.09. The average molecular weight is 200 g/mol. The lowest BCUT2D eigenvalue weighted by Gasteiger charge is -2.33. The first-order chi connectivity index (χ1) is 6.88. The average Bonchev–Trinajstić information content (AvgIpc) is 2.26. The third-order valence-electron chi connectivity index (χ3n) is 3.03. The molecule has 0 unspecified atom stereocenters. The van der Waals surface area contributed by atoms with Crippen molar-refractivity contribution in [2.75, 3.05) is 39.9 Å². The molecule has 0 aromatic heterocycles. The molecular weight excluding hydrogens is 176 g/mol. The lowest BCUT2D eigenvalue weighted by molar-refractivity contribution is 0.137. The topological polar surface area (TPSA) is 24.5 Å². The summed E-state index contributed by atoms with van der Waals surface area (Å²) in [5, 5.41) is 3.41. The molecular formula is C11H24N2O. The predicted octanol–water partition coefficient (Wildman–Crippen LogP) is 1.10. The number of nitrogens with one attached hydrogen (secondary N) is 1. The molecule has 0 atom stereocenters. The van der Waals surface area contributed by atoms with Gasteiger partial charge in [0.15, 0.2) is 0 Å². The summed E-state index contributed by atoms with van der Waals surface area (Å²) in [4.78, 5) is 2.60. The molecule has 0 saturated carbocycles. The second-order valence-electron chi connectivity index (χ2n) is 3.96. The monoisotopic (exact) mass is 200 g/mol. The minimum atomic E-state index is 0.804. The molecule has 0 aromatic rings. The van der Waals surface area contributed by atoms with E-state index in [2.05, 4.69) is 17.1 Å². The molecule has 14 heavy (non-hydrogen) atoms. The molecule has 1 aliphatic heterocycles. The van der Waals surface area contributed by atoms with E-state index in [0.717, 1.165) is 19.1 Å². The van der Waals surface area contributed by atoms with Crippen molar-refractivity contribution in [3.05, 3.63) is 0 Å². The quantitative estimate of drug-likeness (QED) is 0.650. The lowest BCUT2D eigenvalue weighted by atomic mass is 10.0. The van der Waals surface area contributed by atoms with Gasteiger partial charge in [-0.1, -0.05) is 6.92 Å². The van der Waals surface area contributed by atoms with Gasteiger partial charge in [-0.05, 0) is 38.9 Å². The number of rotatable bonds is 6.